The molecule has 2 aromatic rings. The molecule has 2 fully saturated rings. The summed E-state index contributed by atoms with van der Waals surface area (Å²) < 4.78 is 55.5. The Morgan fingerprint density at radius 1 is 1.25 bits per heavy atom. The third kappa shape index (κ3) is 3.80. The van der Waals surface area contributed by atoms with Crippen LogP contribution in [0.4, 0.5) is 11.4 Å². The van der Waals surface area contributed by atoms with Gasteiger partial charge in [0.15, 0.2) is 5.84 Å². The zero-order valence-electron chi connectivity index (χ0n) is 19.2. The van der Waals surface area contributed by atoms with E-state index in [0.717, 1.165) is 31.1 Å². The van der Waals surface area contributed by atoms with Crippen molar-refractivity contribution in [3.8, 4) is 0 Å². The quantitative estimate of drug-likeness (QED) is 0.521. The van der Waals surface area contributed by atoms with E-state index in [-0.39, 0.29) is 51.3 Å². The molecule has 0 saturated heterocycles. The number of carbonyl (C=O) groups excluding carboxylic acids is 1. The Labute approximate surface area is 212 Å². The number of hydrogen-bond donors (Lipinski definition) is 3. The SMILES string of the molecule is CS(=O)(=O)Nc1ccc2c(c1)S(=O)(=O)N=C(C1=C(O)[C@@H]3[C@H]4CC[C@H](C4)[C@@H]3N(Cc3ccsc3)C1=O)N2. The van der Waals surface area contributed by atoms with Gasteiger partial charge >= 0.3 is 0 Å². The van der Waals surface area contributed by atoms with Crippen molar-refractivity contribution in [1.82, 2.24) is 4.90 Å². The molecule has 2 aliphatic heterocycles. The molecule has 1 aromatic heterocycles. The molecular formula is C23H24N4O6S3. The molecule has 13 heteroatoms. The van der Waals surface area contributed by atoms with E-state index in [1.54, 1.807) is 4.90 Å². The molecule has 2 bridgehead atoms. The Morgan fingerprint density at radius 2 is 2.03 bits per heavy atom. The number of nitrogens with one attached hydrogen (secondary N) is 2. The van der Waals surface area contributed by atoms with Crippen LogP contribution < -0.4 is 10.0 Å². The normalized spacial score (nSPS) is 28.4. The molecule has 6 rings (SSSR count). The van der Waals surface area contributed by atoms with E-state index in [2.05, 4.69) is 14.4 Å². The lowest BCUT2D eigenvalue weighted by Gasteiger charge is -2.44. The van der Waals surface area contributed by atoms with Crippen molar-refractivity contribution >= 4 is 54.5 Å². The molecule has 4 aliphatic rings. The van der Waals surface area contributed by atoms with E-state index in [0.29, 0.717) is 12.5 Å². The zero-order valence-corrected chi connectivity index (χ0v) is 21.7. The fourth-order valence-electron chi connectivity index (χ4n) is 6.17. The van der Waals surface area contributed by atoms with E-state index in [1.807, 2.05) is 16.8 Å². The van der Waals surface area contributed by atoms with Gasteiger partial charge in [-0.15, -0.1) is 4.40 Å². The van der Waals surface area contributed by atoms with E-state index in [9.17, 15) is 26.7 Å². The van der Waals surface area contributed by atoms with Gasteiger partial charge in [0.1, 0.15) is 16.2 Å². The third-order valence-corrected chi connectivity index (χ3v) is 10.1. The Morgan fingerprint density at radius 3 is 2.75 bits per heavy atom. The second-order valence-electron chi connectivity index (χ2n) is 9.80. The summed E-state index contributed by atoms with van der Waals surface area (Å²) in [5.74, 6) is -0.495. The first-order valence-electron chi connectivity index (χ1n) is 11.5. The average molecular weight is 549 g/mol. The predicted octanol–water partition coefficient (Wildman–Crippen LogP) is 2.90. The van der Waals surface area contributed by atoms with E-state index >= 15 is 0 Å². The van der Waals surface area contributed by atoms with Gasteiger partial charge in [-0.1, -0.05) is 0 Å². The number of amides is 1. The minimum Gasteiger partial charge on any atom is -0.511 e. The maximum absolute atomic E-state index is 13.8. The van der Waals surface area contributed by atoms with Crippen molar-refractivity contribution in [2.75, 3.05) is 16.3 Å². The summed E-state index contributed by atoms with van der Waals surface area (Å²) in [5.41, 5.74) is 1.08. The molecule has 3 N–H and O–H groups in total. The molecule has 2 aliphatic carbocycles. The summed E-state index contributed by atoms with van der Waals surface area (Å²) in [6.45, 7) is 0.376. The fourth-order valence-corrected chi connectivity index (χ4v) is 8.54. The van der Waals surface area contributed by atoms with Gasteiger partial charge in [-0.2, -0.15) is 19.8 Å². The van der Waals surface area contributed by atoms with Gasteiger partial charge < -0.3 is 15.3 Å². The predicted molar refractivity (Wildman–Crippen MR) is 136 cm³/mol. The second-order valence-corrected chi connectivity index (χ2v) is 13.9. The van der Waals surface area contributed by atoms with Crippen molar-refractivity contribution in [1.29, 1.82) is 0 Å². The monoisotopic (exact) mass is 548 g/mol. The number of carbonyl (C=O) groups is 1. The number of amidine groups is 1. The fraction of sp³-hybridized carbons (Fsp3) is 0.391. The van der Waals surface area contributed by atoms with Crippen molar-refractivity contribution in [3.05, 3.63) is 51.9 Å². The standard InChI is InChI=1S/C23H24N4O6S3/c1-35(30,31)25-15-4-5-16-17(9-15)36(32,33)26-22(24-16)19-21(28)18-13-2-3-14(8-13)20(18)27(23(19)29)10-12-6-7-34-11-12/h4-7,9,11,13-14,18,20,25,28H,2-3,8,10H2,1H3,(H,24,26)/t13-,14+,18+,20-/m0/s1. The summed E-state index contributed by atoms with van der Waals surface area (Å²) in [6, 6.07) is 5.82. The van der Waals surface area contributed by atoms with Crippen LogP contribution in [0.15, 0.2) is 55.7 Å². The molecule has 0 spiro atoms. The van der Waals surface area contributed by atoms with Crippen LogP contribution in [-0.2, 0) is 31.4 Å². The number of anilines is 2. The van der Waals surface area contributed by atoms with Crippen LogP contribution in [0.1, 0.15) is 24.8 Å². The molecule has 190 valence electrons. The number of thiophene rings is 1. The van der Waals surface area contributed by atoms with Crippen LogP contribution in [0.2, 0.25) is 0 Å². The van der Waals surface area contributed by atoms with Crippen molar-refractivity contribution in [2.24, 2.45) is 22.2 Å². The zero-order chi connectivity index (χ0) is 25.4. The van der Waals surface area contributed by atoms with E-state index < -0.39 is 26.0 Å². The van der Waals surface area contributed by atoms with Crippen LogP contribution in [0.5, 0.6) is 0 Å². The largest absolute Gasteiger partial charge is 0.511 e. The lowest BCUT2D eigenvalue weighted by Crippen LogP contribution is -2.53. The topological polar surface area (TPSA) is 145 Å². The van der Waals surface area contributed by atoms with Crippen molar-refractivity contribution in [3.63, 3.8) is 0 Å². The minimum absolute atomic E-state index is 0.0721. The van der Waals surface area contributed by atoms with Gasteiger partial charge in [-0.3, -0.25) is 9.52 Å². The number of hydrogen-bond acceptors (Lipinski definition) is 8. The number of sulfonamides is 2. The number of aliphatic hydroxyl groups excluding tert-OH is 1. The van der Waals surface area contributed by atoms with Crippen molar-refractivity contribution in [2.45, 2.75) is 36.7 Å². The number of aliphatic hydroxyl groups is 1. The van der Waals surface area contributed by atoms with Gasteiger partial charge in [0.05, 0.1) is 11.9 Å². The molecule has 36 heavy (non-hydrogen) atoms. The summed E-state index contributed by atoms with van der Waals surface area (Å²) >= 11 is 1.54. The van der Waals surface area contributed by atoms with Crippen molar-refractivity contribution < 1.29 is 26.7 Å². The van der Waals surface area contributed by atoms with Crippen LogP contribution >= 0.6 is 11.3 Å². The molecule has 0 radical (unpaired) electrons. The second kappa shape index (κ2) is 8.05. The lowest BCUT2D eigenvalue weighted by molar-refractivity contribution is -0.134. The number of rotatable bonds is 5. The van der Waals surface area contributed by atoms with Crippen LogP contribution in [-0.4, -0.2) is 50.9 Å². The summed E-state index contributed by atoms with van der Waals surface area (Å²) in [6.07, 6.45) is 3.86. The van der Waals surface area contributed by atoms with Gasteiger partial charge in [-0.25, -0.2) is 8.42 Å². The Balaban J connectivity index is 1.42. The first kappa shape index (κ1) is 23.5. The number of benzene rings is 1. The molecular weight excluding hydrogens is 524 g/mol. The highest BCUT2D eigenvalue weighted by Gasteiger charge is 2.57. The summed E-state index contributed by atoms with van der Waals surface area (Å²) in [7, 11) is -7.90. The van der Waals surface area contributed by atoms with Gasteiger partial charge in [-0.05, 0) is 71.7 Å². The Hall–Kier alpha value is -2.90. The van der Waals surface area contributed by atoms with Crippen LogP contribution in [0.3, 0.4) is 0 Å². The summed E-state index contributed by atoms with van der Waals surface area (Å²) in [4.78, 5) is 15.4. The Bertz CT molecular complexity index is 1550. The van der Waals surface area contributed by atoms with E-state index in [1.165, 1.54) is 29.5 Å². The lowest BCUT2D eigenvalue weighted by atomic mass is 9.77. The van der Waals surface area contributed by atoms with E-state index in [4.69, 9.17) is 0 Å². The van der Waals surface area contributed by atoms with Crippen LogP contribution in [0.25, 0.3) is 0 Å². The minimum atomic E-state index is -4.29. The summed E-state index contributed by atoms with van der Waals surface area (Å²) in [5, 5.41) is 18.2. The van der Waals surface area contributed by atoms with Gasteiger partial charge in [0.25, 0.3) is 15.9 Å². The average Bonchev–Trinajstić information content (AvgIpc) is 3.54. The first-order valence-corrected chi connectivity index (χ1v) is 15.8. The third-order valence-electron chi connectivity index (χ3n) is 7.48. The first-order chi connectivity index (χ1) is 17.0. The van der Waals surface area contributed by atoms with Gasteiger partial charge in [0, 0.05) is 24.2 Å². The van der Waals surface area contributed by atoms with Crippen LogP contribution in [0, 0.1) is 17.8 Å². The smallest absolute Gasteiger partial charge is 0.286 e. The Kier molecular flexibility index (Phi) is 5.25. The molecule has 0 unspecified atom stereocenters. The molecule has 1 aromatic carbocycles. The maximum Gasteiger partial charge on any atom is 0.286 e. The number of nitrogens with zero attached hydrogens (tertiary/aromatic N) is 2. The molecule has 10 nitrogen and oxygen atoms in total. The molecule has 4 atom stereocenters. The number of fused-ring (bicyclic) bond motifs is 6. The highest BCUT2D eigenvalue weighted by atomic mass is 32.2. The molecule has 3 heterocycles. The maximum atomic E-state index is 13.8. The highest BCUT2D eigenvalue weighted by Crippen LogP contribution is 2.55. The highest BCUT2D eigenvalue weighted by molar-refractivity contribution is 7.92. The molecule has 2 saturated carbocycles. The molecule has 1 amide bonds. The van der Waals surface area contributed by atoms with Gasteiger partial charge in [0.2, 0.25) is 10.0 Å².